The van der Waals surface area contributed by atoms with Crippen LogP contribution in [-0.4, -0.2) is 19.9 Å². The van der Waals surface area contributed by atoms with Crippen LogP contribution < -0.4 is 0 Å². The molecule has 0 bridgehead atoms. The molecule has 41 heavy (non-hydrogen) atoms. The van der Waals surface area contributed by atoms with Crippen molar-refractivity contribution in [2.75, 3.05) is 0 Å². The monoisotopic (exact) mass is 526 g/mol. The molecule has 5 nitrogen and oxygen atoms in total. The number of rotatable bonds is 4. The van der Waals surface area contributed by atoms with Gasteiger partial charge in [0.15, 0.2) is 23.1 Å². The lowest BCUT2D eigenvalue weighted by Crippen LogP contribution is -2.02. The summed E-state index contributed by atoms with van der Waals surface area (Å²) in [4.78, 5) is 20.1. The summed E-state index contributed by atoms with van der Waals surface area (Å²) in [5, 5.41) is 4.27. The van der Waals surface area contributed by atoms with E-state index in [1.165, 1.54) is 0 Å². The Bertz CT molecular complexity index is 2110. The molecule has 0 saturated carbocycles. The third kappa shape index (κ3) is 3.95. The maximum absolute atomic E-state index is 6.42. The predicted octanol–water partition coefficient (Wildman–Crippen LogP) is 8.99. The van der Waals surface area contributed by atoms with Gasteiger partial charge in [-0.15, -0.1) is 0 Å². The summed E-state index contributed by atoms with van der Waals surface area (Å²) in [5.41, 5.74) is 5.10. The van der Waals surface area contributed by atoms with Crippen molar-refractivity contribution in [3.8, 4) is 45.6 Å². The van der Waals surface area contributed by atoms with Gasteiger partial charge >= 0.3 is 0 Å². The Morgan fingerprint density at radius 3 is 1.41 bits per heavy atom. The molecule has 0 aliphatic heterocycles. The summed E-state index contributed by atoms with van der Waals surface area (Å²) < 4.78 is 6.42. The molecule has 0 amide bonds. The maximum Gasteiger partial charge on any atom is 0.228 e. The molecule has 5 heteroatoms. The van der Waals surface area contributed by atoms with Crippen LogP contribution in [0, 0.1) is 0 Å². The SMILES string of the molecule is c1ccc(-c2nc(-c3ccccc3)nc(-c3c(-c4nc5ccccc5o4)c4ccccc4c4ccccc34)n2)cc1. The zero-order valence-electron chi connectivity index (χ0n) is 21.9. The Morgan fingerprint density at radius 2 is 0.829 bits per heavy atom. The van der Waals surface area contributed by atoms with Gasteiger partial charge in [-0.2, -0.15) is 0 Å². The first-order chi connectivity index (χ1) is 20.3. The minimum Gasteiger partial charge on any atom is -0.436 e. The van der Waals surface area contributed by atoms with Crippen molar-refractivity contribution in [2.45, 2.75) is 0 Å². The van der Waals surface area contributed by atoms with Crippen LogP contribution in [0.4, 0.5) is 0 Å². The molecule has 2 aromatic heterocycles. The van der Waals surface area contributed by atoms with Crippen LogP contribution in [-0.2, 0) is 0 Å². The number of hydrogen-bond acceptors (Lipinski definition) is 5. The Kier molecular flexibility index (Phi) is 5.38. The number of aromatic nitrogens is 4. The summed E-state index contributed by atoms with van der Waals surface area (Å²) in [6, 6.07) is 44.7. The summed E-state index contributed by atoms with van der Waals surface area (Å²) in [7, 11) is 0. The molecule has 0 fully saturated rings. The van der Waals surface area contributed by atoms with Gasteiger partial charge in [0.05, 0.1) is 5.56 Å². The molecule has 0 atom stereocenters. The molecule has 0 N–H and O–H groups in total. The quantitative estimate of drug-likeness (QED) is 0.214. The molecule has 192 valence electrons. The number of hydrogen-bond donors (Lipinski definition) is 0. The van der Waals surface area contributed by atoms with Crippen LogP contribution in [0.15, 0.2) is 138 Å². The Morgan fingerprint density at radius 1 is 0.366 bits per heavy atom. The molecular formula is C36H22N4O. The first kappa shape index (κ1) is 23.2. The van der Waals surface area contributed by atoms with Crippen molar-refractivity contribution in [3.63, 3.8) is 0 Å². The van der Waals surface area contributed by atoms with Crippen molar-refractivity contribution in [3.05, 3.63) is 133 Å². The topological polar surface area (TPSA) is 64.7 Å². The van der Waals surface area contributed by atoms with Crippen molar-refractivity contribution in [1.29, 1.82) is 0 Å². The van der Waals surface area contributed by atoms with Crippen LogP contribution >= 0.6 is 0 Å². The molecular weight excluding hydrogens is 504 g/mol. The van der Waals surface area contributed by atoms with E-state index in [-0.39, 0.29) is 0 Å². The molecule has 0 radical (unpaired) electrons. The van der Waals surface area contributed by atoms with Crippen LogP contribution in [0.25, 0.3) is 78.3 Å². The highest BCUT2D eigenvalue weighted by Gasteiger charge is 2.24. The minimum atomic E-state index is 0.533. The number of para-hydroxylation sites is 2. The normalized spacial score (nSPS) is 11.4. The van der Waals surface area contributed by atoms with E-state index in [0.29, 0.717) is 23.4 Å². The number of oxazole rings is 1. The Balaban J connectivity index is 1.53. The number of nitrogens with zero attached hydrogens (tertiary/aromatic N) is 4. The van der Waals surface area contributed by atoms with Crippen molar-refractivity contribution < 1.29 is 4.42 Å². The average Bonchev–Trinajstić information content (AvgIpc) is 3.49. The highest BCUT2D eigenvalue weighted by atomic mass is 16.3. The van der Waals surface area contributed by atoms with E-state index < -0.39 is 0 Å². The summed E-state index contributed by atoms with van der Waals surface area (Å²) in [5.74, 6) is 2.31. The van der Waals surface area contributed by atoms with E-state index >= 15 is 0 Å². The first-order valence-corrected chi connectivity index (χ1v) is 13.5. The first-order valence-electron chi connectivity index (χ1n) is 13.5. The van der Waals surface area contributed by atoms with Crippen LogP contribution in [0.1, 0.15) is 0 Å². The maximum atomic E-state index is 6.42. The Hall–Kier alpha value is -5.68. The van der Waals surface area contributed by atoms with Gasteiger partial charge in [0, 0.05) is 16.7 Å². The van der Waals surface area contributed by atoms with Gasteiger partial charge in [0.2, 0.25) is 5.89 Å². The van der Waals surface area contributed by atoms with Crippen LogP contribution in [0.3, 0.4) is 0 Å². The largest absolute Gasteiger partial charge is 0.436 e. The summed E-state index contributed by atoms with van der Waals surface area (Å²) in [6.45, 7) is 0. The van der Waals surface area contributed by atoms with E-state index in [4.69, 9.17) is 24.4 Å². The van der Waals surface area contributed by atoms with E-state index in [0.717, 1.165) is 54.9 Å². The van der Waals surface area contributed by atoms with E-state index in [9.17, 15) is 0 Å². The highest BCUT2D eigenvalue weighted by Crippen LogP contribution is 2.44. The lowest BCUT2D eigenvalue weighted by atomic mass is 9.91. The molecule has 0 unspecified atom stereocenters. The lowest BCUT2D eigenvalue weighted by molar-refractivity contribution is 0.621. The van der Waals surface area contributed by atoms with E-state index in [2.05, 4.69) is 36.4 Å². The molecule has 6 aromatic carbocycles. The third-order valence-electron chi connectivity index (χ3n) is 7.36. The fourth-order valence-corrected chi connectivity index (χ4v) is 5.50. The van der Waals surface area contributed by atoms with Gasteiger partial charge in [0.1, 0.15) is 5.52 Å². The molecule has 0 aliphatic rings. The van der Waals surface area contributed by atoms with Gasteiger partial charge in [-0.05, 0) is 33.7 Å². The smallest absolute Gasteiger partial charge is 0.228 e. The van der Waals surface area contributed by atoms with E-state index in [1.807, 2.05) is 97.1 Å². The van der Waals surface area contributed by atoms with Crippen molar-refractivity contribution >= 4 is 32.6 Å². The second-order valence-corrected chi connectivity index (χ2v) is 9.87. The van der Waals surface area contributed by atoms with Gasteiger partial charge in [-0.3, -0.25) is 0 Å². The summed E-state index contributed by atoms with van der Waals surface area (Å²) >= 11 is 0. The second-order valence-electron chi connectivity index (χ2n) is 9.87. The van der Waals surface area contributed by atoms with Gasteiger partial charge < -0.3 is 4.42 Å². The molecule has 8 aromatic rings. The minimum absolute atomic E-state index is 0.533. The average molecular weight is 527 g/mol. The predicted molar refractivity (Wildman–Crippen MR) is 164 cm³/mol. The molecule has 0 saturated heterocycles. The molecule has 0 aliphatic carbocycles. The second kappa shape index (κ2) is 9.50. The molecule has 0 spiro atoms. The number of benzene rings is 6. The van der Waals surface area contributed by atoms with Crippen molar-refractivity contribution in [1.82, 2.24) is 19.9 Å². The van der Waals surface area contributed by atoms with Crippen LogP contribution in [0.5, 0.6) is 0 Å². The summed E-state index contributed by atoms with van der Waals surface area (Å²) in [6.07, 6.45) is 0. The van der Waals surface area contributed by atoms with Gasteiger partial charge in [0.25, 0.3) is 0 Å². The zero-order chi connectivity index (χ0) is 27.2. The van der Waals surface area contributed by atoms with Crippen molar-refractivity contribution in [2.24, 2.45) is 0 Å². The fraction of sp³-hybridized carbons (Fsp3) is 0. The highest BCUT2D eigenvalue weighted by molar-refractivity contribution is 6.20. The van der Waals surface area contributed by atoms with Gasteiger partial charge in [-0.1, -0.05) is 121 Å². The lowest BCUT2D eigenvalue weighted by Gasteiger charge is -2.16. The van der Waals surface area contributed by atoms with Crippen LogP contribution in [0.2, 0.25) is 0 Å². The fourth-order valence-electron chi connectivity index (χ4n) is 5.50. The molecule has 8 rings (SSSR count). The Labute approximate surface area is 235 Å². The molecule has 2 heterocycles. The third-order valence-corrected chi connectivity index (χ3v) is 7.36. The zero-order valence-corrected chi connectivity index (χ0v) is 21.9. The standard InChI is InChI=1S/C36H22N4O/c1-3-13-23(14-4-1)33-38-34(24-15-5-2-6-16-24)40-35(39-33)31-27-19-9-7-17-25(27)26-18-8-10-20-28(26)32(31)36-37-29-21-11-12-22-30(29)41-36/h1-22H. The van der Waals surface area contributed by atoms with E-state index in [1.54, 1.807) is 0 Å². The number of fused-ring (bicyclic) bond motifs is 4. The van der Waals surface area contributed by atoms with Gasteiger partial charge in [-0.25, -0.2) is 19.9 Å².